The number of hydrogen-bond donors (Lipinski definition) is 5. The van der Waals surface area contributed by atoms with E-state index in [4.69, 9.17) is 37.9 Å². The topological polar surface area (TPSA) is 260 Å². The van der Waals surface area contributed by atoms with Gasteiger partial charge in [0.25, 0.3) is 0 Å². The molecule has 5 N–H and O–H groups in total. The summed E-state index contributed by atoms with van der Waals surface area (Å²) in [7, 11) is 0. The SMILES string of the molecule is CC=CC(=O)OCC(O)CO[C@@H]([C@H](OCC(O)COC(=O)C=CC)[C@@H](CO)OCC(O)COC(=O)C=CC)[C@@H](C=O)OCC(O)COC(=O)C=CC. The van der Waals surface area contributed by atoms with E-state index in [2.05, 4.69) is 0 Å². The molecule has 0 saturated heterocycles. The van der Waals surface area contributed by atoms with E-state index in [-0.39, 0.29) is 6.29 Å². The number of carbonyl (C=O) groups is 5. The molecule has 0 aromatic rings. The highest BCUT2D eigenvalue weighted by Gasteiger charge is 2.39. The fourth-order valence-corrected chi connectivity index (χ4v) is 3.80. The summed E-state index contributed by atoms with van der Waals surface area (Å²) < 4.78 is 42.5. The maximum Gasteiger partial charge on any atom is 0.330 e. The lowest BCUT2D eigenvalue weighted by Crippen LogP contribution is -2.53. The lowest BCUT2D eigenvalue weighted by molar-refractivity contribution is -0.205. The number of allylic oxidation sites excluding steroid dienone is 4. The molecule has 0 saturated carbocycles. The summed E-state index contributed by atoms with van der Waals surface area (Å²) in [6.45, 7) is 0.947. The van der Waals surface area contributed by atoms with Gasteiger partial charge >= 0.3 is 23.9 Å². The largest absolute Gasteiger partial charge is 0.460 e. The van der Waals surface area contributed by atoms with E-state index in [1.54, 1.807) is 27.7 Å². The number of ether oxygens (including phenoxy) is 8. The molecule has 0 heterocycles. The Morgan fingerprint density at radius 2 is 0.788 bits per heavy atom. The third kappa shape index (κ3) is 22.9. The van der Waals surface area contributed by atoms with Gasteiger partial charge in [0.2, 0.25) is 0 Å². The van der Waals surface area contributed by atoms with Gasteiger partial charge in [0.15, 0.2) is 6.29 Å². The first-order chi connectivity index (χ1) is 24.8. The van der Waals surface area contributed by atoms with Gasteiger partial charge in [-0.2, -0.15) is 0 Å². The van der Waals surface area contributed by atoms with Crippen LogP contribution in [0.15, 0.2) is 48.6 Å². The van der Waals surface area contributed by atoms with Crippen LogP contribution < -0.4 is 0 Å². The van der Waals surface area contributed by atoms with Crippen molar-refractivity contribution in [1.29, 1.82) is 0 Å². The maximum atomic E-state index is 12.4. The summed E-state index contributed by atoms with van der Waals surface area (Å²) in [5.74, 6) is -3.00. The number of hydrogen-bond acceptors (Lipinski definition) is 18. The summed E-state index contributed by atoms with van der Waals surface area (Å²) in [6.07, 6.45) is -1.76. The summed E-state index contributed by atoms with van der Waals surface area (Å²) in [5, 5.41) is 52.0. The van der Waals surface area contributed by atoms with Crippen molar-refractivity contribution in [3.63, 3.8) is 0 Å². The highest BCUT2D eigenvalue weighted by atomic mass is 16.6. The first-order valence-electron chi connectivity index (χ1n) is 16.3. The van der Waals surface area contributed by atoms with Crippen molar-refractivity contribution in [2.24, 2.45) is 0 Å². The molecular formula is C34H52O18. The summed E-state index contributed by atoms with van der Waals surface area (Å²) >= 11 is 0. The number of aliphatic hydroxyl groups excluding tert-OH is 5. The zero-order valence-electron chi connectivity index (χ0n) is 29.7. The molecule has 0 aliphatic heterocycles. The fraction of sp³-hybridized carbons (Fsp3) is 0.618. The van der Waals surface area contributed by atoms with E-state index < -0.39 is 132 Å². The lowest BCUT2D eigenvalue weighted by atomic mass is 10.0. The van der Waals surface area contributed by atoms with E-state index >= 15 is 0 Å². The molecule has 18 heteroatoms. The highest BCUT2D eigenvalue weighted by molar-refractivity contribution is 5.82. The van der Waals surface area contributed by atoms with Crippen LogP contribution in [-0.2, 0) is 61.9 Å². The van der Waals surface area contributed by atoms with Crippen molar-refractivity contribution in [1.82, 2.24) is 0 Å². The number of carbonyl (C=O) groups excluding carboxylic acids is 5. The van der Waals surface area contributed by atoms with Crippen LogP contribution >= 0.6 is 0 Å². The predicted molar refractivity (Wildman–Crippen MR) is 179 cm³/mol. The average molecular weight is 749 g/mol. The normalized spacial score (nSPS) is 16.6. The molecule has 52 heavy (non-hydrogen) atoms. The lowest BCUT2D eigenvalue weighted by Gasteiger charge is -2.36. The molecule has 0 amide bonds. The monoisotopic (exact) mass is 748 g/mol. The van der Waals surface area contributed by atoms with Gasteiger partial charge in [-0.25, -0.2) is 19.2 Å². The minimum atomic E-state index is -1.67. The molecule has 296 valence electrons. The Morgan fingerprint density at radius 1 is 0.481 bits per heavy atom. The van der Waals surface area contributed by atoms with Gasteiger partial charge in [0.05, 0.1) is 33.0 Å². The Labute approximate surface area is 302 Å². The van der Waals surface area contributed by atoms with E-state index in [0.29, 0.717) is 0 Å². The van der Waals surface area contributed by atoms with Gasteiger partial charge in [-0.05, 0) is 27.7 Å². The molecule has 0 bridgehead atoms. The van der Waals surface area contributed by atoms with Gasteiger partial charge in [-0.1, -0.05) is 24.3 Å². The summed E-state index contributed by atoms with van der Waals surface area (Å²) in [4.78, 5) is 59.1. The summed E-state index contributed by atoms with van der Waals surface area (Å²) in [5.41, 5.74) is 0. The zero-order valence-corrected chi connectivity index (χ0v) is 29.7. The van der Waals surface area contributed by atoms with Crippen LogP contribution in [0.25, 0.3) is 0 Å². The van der Waals surface area contributed by atoms with Crippen molar-refractivity contribution in [3.05, 3.63) is 48.6 Å². The number of rotatable bonds is 29. The van der Waals surface area contributed by atoms with Crippen LogP contribution in [-0.4, -0.2) is 164 Å². The molecule has 0 fully saturated rings. The van der Waals surface area contributed by atoms with Gasteiger partial charge < -0.3 is 68.2 Å². The molecule has 4 unspecified atom stereocenters. The van der Waals surface area contributed by atoms with Crippen LogP contribution in [0.1, 0.15) is 27.7 Å². The van der Waals surface area contributed by atoms with Gasteiger partial charge in [-0.15, -0.1) is 0 Å². The Morgan fingerprint density at radius 3 is 1.10 bits per heavy atom. The van der Waals surface area contributed by atoms with Crippen molar-refractivity contribution < 1.29 is 87.4 Å². The Bertz CT molecular complexity index is 1150. The van der Waals surface area contributed by atoms with Crippen molar-refractivity contribution >= 4 is 30.2 Å². The smallest absolute Gasteiger partial charge is 0.330 e. The Hall–Kier alpha value is -3.85. The van der Waals surface area contributed by atoms with Gasteiger partial charge in [0.1, 0.15) is 75.3 Å². The average Bonchev–Trinajstić information content (AvgIpc) is 3.11. The van der Waals surface area contributed by atoms with Crippen LogP contribution in [0.2, 0.25) is 0 Å². The molecule has 18 nitrogen and oxygen atoms in total. The third-order valence-electron chi connectivity index (χ3n) is 6.16. The first kappa shape index (κ1) is 48.1. The van der Waals surface area contributed by atoms with Crippen molar-refractivity contribution in [2.75, 3.05) is 59.5 Å². The second-order valence-electron chi connectivity index (χ2n) is 10.7. The van der Waals surface area contributed by atoms with E-state index in [0.717, 1.165) is 24.3 Å². The van der Waals surface area contributed by atoms with Gasteiger partial charge in [-0.3, -0.25) is 0 Å². The highest BCUT2D eigenvalue weighted by Crippen LogP contribution is 2.19. The molecule has 0 aromatic carbocycles. The quantitative estimate of drug-likeness (QED) is 0.0256. The maximum absolute atomic E-state index is 12.4. The minimum Gasteiger partial charge on any atom is -0.460 e. The first-order valence-corrected chi connectivity index (χ1v) is 16.3. The van der Waals surface area contributed by atoms with E-state index in [9.17, 15) is 49.5 Å². The second kappa shape index (κ2) is 29.7. The number of aldehydes is 1. The molecule has 0 aliphatic carbocycles. The molecule has 0 radical (unpaired) electrons. The van der Waals surface area contributed by atoms with Crippen LogP contribution in [0.5, 0.6) is 0 Å². The third-order valence-corrected chi connectivity index (χ3v) is 6.16. The molecule has 0 rings (SSSR count). The molecule has 8 atom stereocenters. The van der Waals surface area contributed by atoms with Crippen LogP contribution in [0, 0.1) is 0 Å². The standard InChI is InChI=1S/C34H52O18/c1-5-9-29(41)47-17-23(37)15-45-27(13-35)33(51-21-25(39)19-49-31(43)11-7-3)34(52-22-26(40)20-50-32(44)12-8-4)28(14-36)46-16-24(38)18-48-30(42)10-6-2/h5-13,23-28,33-34,36-40H,14-22H2,1-4H3/t23?,24?,25?,26?,27-,28-,33-,34-/m1/s1. The van der Waals surface area contributed by atoms with Crippen LogP contribution in [0.4, 0.5) is 0 Å². The van der Waals surface area contributed by atoms with E-state index in [1.807, 2.05) is 0 Å². The number of aliphatic hydroxyl groups is 5. The second-order valence-corrected chi connectivity index (χ2v) is 10.7. The Kier molecular flexibility index (Phi) is 27.5. The van der Waals surface area contributed by atoms with Crippen molar-refractivity contribution in [2.45, 2.75) is 76.5 Å². The molecule has 0 aliphatic rings. The van der Waals surface area contributed by atoms with Crippen molar-refractivity contribution in [3.8, 4) is 0 Å². The fourth-order valence-electron chi connectivity index (χ4n) is 3.80. The predicted octanol–water partition coefficient (Wildman–Crippen LogP) is -1.36. The minimum absolute atomic E-state index is 0.247. The summed E-state index contributed by atoms with van der Waals surface area (Å²) in [6, 6.07) is 0. The zero-order chi connectivity index (χ0) is 39.3. The number of esters is 4. The van der Waals surface area contributed by atoms with Gasteiger partial charge in [0, 0.05) is 24.3 Å². The van der Waals surface area contributed by atoms with E-state index in [1.165, 1.54) is 24.3 Å². The molecule has 0 aromatic heterocycles. The Balaban J connectivity index is 6.33. The molecule has 0 spiro atoms. The molecular weight excluding hydrogens is 696 g/mol. The van der Waals surface area contributed by atoms with Crippen LogP contribution in [0.3, 0.4) is 0 Å².